The molecule has 1 saturated heterocycles. The van der Waals surface area contributed by atoms with E-state index < -0.39 is 0 Å². The number of unbranched alkanes of at least 4 members (excludes halogenated alkanes) is 6. The summed E-state index contributed by atoms with van der Waals surface area (Å²) in [7, 11) is 0. The third-order valence-electron chi connectivity index (χ3n) is 4.20. The third kappa shape index (κ3) is 6.49. The Morgan fingerprint density at radius 2 is 1.71 bits per heavy atom. The van der Waals surface area contributed by atoms with Gasteiger partial charge in [0, 0.05) is 19.5 Å². The second-order valence-electron chi connectivity index (χ2n) is 6.49. The zero-order valence-electron chi connectivity index (χ0n) is 14.0. The van der Waals surface area contributed by atoms with Crippen molar-refractivity contribution in [2.24, 2.45) is 5.92 Å². The van der Waals surface area contributed by atoms with Crippen LogP contribution in [0.3, 0.4) is 0 Å². The summed E-state index contributed by atoms with van der Waals surface area (Å²) in [6.07, 6.45) is 9.16. The van der Waals surface area contributed by atoms with Crippen LogP contribution >= 0.6 is 0 Å². The van der Waals surface area contributed by atoms with Crippen LogP contribution in [-0.2, 0) is 9.59 Å². The minimum Gasteiger partial charge on any atom is -0.344 e. The van der Waals surface area contributed by atoms with Crippen molar-refractivity contribution in [3.8, 4) is 0 Å². The molecule has 4 nitrogen and oxygen atoms in total. The molecule has 1 aliphatic rings. The monoisotopic (exact) mass is 296 g/mol. The van der Waals surface area contributed by atoms with E-state index in [0.29, 0.717) is 13.0 Å². The van der Waals surface area contributed by atoms with Gasteiger partial charge in [-0.05, 0) is 12.3 Å². The van der Waals surface area contributed by atoms with Crippen LogP contribution in [0.4, 0.5) is 0 Å². The number of rotatable bonds is 9. The smallest absolute Gasteiger partial charge is 0.245 e. The van der Waals surface area contributed by atoms with Gasteiger partial charge in [-0.3, -0.25) is 9.59 Å². The number of carbonyl (C=O) groups excluding carboxylic acids is 2. The number of hydrogen-bond donors (Lipinski definition) is 1. The van der Waals surface area contributed by atoms with E-state index in [1.807, 2.05) is 18.7 Å². The van der Waals surface area contributed by atoms with Crippen molar-refractivity contribution in [1.82, 2.24) is 10.2 Å². The van der Waals surface area contributed by atoms with Crippen LogP contribution in [0.25, 0.3) is 0 Å². The first kappa shape index (κ1) is 18.0. The van der Waals surface area contributed by atoms with Crippen LogP contribution in [0.2, 0.25) is 0 Å². The van der Waals surface area contributed by atoms with Crippen molar-refractivity contribution in [3.05, 3.63) is 0 Å². The van der Waals surface area contributed by atoms with Crippen molar-refractivity contribution in [1.29, 1.82) is 0 Å². The Bertz CT molecular complexity index is 329. The maximum Gasteiger partial charge on any atom is 0.245 e. The van der Waals surface area contributed by atoms with E-state index in [9.17, 15) is 9.59 Å². The van der Waals surface area contributed by atoms with Crippen molar-refractivity contribution < 1.29 is 9.59 Å². The molecule has 0 aromatic carbocycles. The SMILES string of the molecule is CCCCCCCCCN1CCC(=O)NC(C(C)C)C1=O. The quantitative estimate of drug-likeness (QED) is 0.665. The fraction of sp³-hybridized carbons (Fsp3) is 0.882. The van der Waals surface area contributed by atoms with Gasteiger partial charge in [0.05, 0.1) is 0 Å². The molecular formula is C17H32N2O2. The summed E-state index contributed by atoms with van der Waals surface area (Å²) in [4.78, 5) is 26.0. The fourth-order valence-electron chi connectivity index (χ4n) is 2.78. The lowest BCUT2D eigenvalue weighted by Gasteiger charge is -2.26. The molecule has 1 fully saturated rings. The summed E-state index contributed by atoms with van der Waals surface area (Å²) in [6, 6.07) is -0.343. The van der Waals surface area contributed by atoms with Crippen molar-refractivity contribution >= 4 is 11.8 Å². The van der Waals surface area contributed by atoms with Crippen LogP contribution in [0.5, 0.6) is 0 Å². The molecule has 4 heteroatoms. The van der Waals surface area contributed by atoms with Crippen LogP contribution < -0.4 is 5.32 Å². The first-order valence-corrected chi connectivity index (χ1v) is 8.64. The predicted octanol–water partition coefficient (Wildman–Crippen LogP) is 3.11. The predicted molar refractivity (Wildman–Crippen MR) is 86.0 cm³/mol. The normalized spacial score (nSPS) is 19.8. The molecule has 0 radical (unpaired) electrons. The first-order chi connectivity index (χ1) is 10.1. The highest BCUT2D eigenvalue weighted by atomic mass is 16.2. The molecular weight excluding hydrogens is 264 g/mol. The molecule has 1 N–H and O–H groups in total. The molecule has 2 amide bonds. The molecule has 1 aliphatic heterocycles. The van der Waals surface area contributed by atoms with E-state index >= 15 is 0 Å². The molecule has 0 saturated carbocycles. The van der Waals surface area contributed by atoms with E-state index in [0.717, 1.165) is 13.0 Å². The van der Waals surface area contributed by atoms with E-state index in [-0.39, 0.29) is 23.8 Å². The van der Waals surface area contributed by atoms with E-state index in [1.54, 1.807) is 0 Å². The van der Waals surface area contributed by atoms with Crippen molar-refractivity contribution in [2.45, 2.75) is 78.2 Å². The van der Waals surface area contributed by atoms with Gasteiger partial charge in [-0.1, -0.05) is 59.3 Å². The van der Waals surface area contributed by atoms with Gasteiger partial charge in [0.2, 0.25) is 11.8 Å². The van der Waals surface area contributed by atoms with Crippen LogP contribution in [0, 0.1) is 5.92 Å². The summed E-state index contributed by atoms with van der Waals surface area (Å²) < 4.78 is 0. The number of amides is 2. The zero-order valence-corrected chi connectivity index (χ0v) is 14.0. The van der Waals surface area contributed by atoms with E-state index in [1.165, 1.54) is 38.5 Å². The van der Waals surface area contributed by atoms with Crippen molar-refractivity contribution in [3.63, 3.8) is 0 Å². The van der Waals surface area contributed by atoms with Crippen LogP contribution in [0.15, 0.2) is 0 Å². The maximum atomic E-state index is 12.4. The molecule has 21 heavy (non-hydrogen) atoms. The fourth-order valence-corrected chi connectivity index (χ4v) is 2.78. The molecule has 1 rings (SSSR count). The second kappa shape index (κ2) is 9.80. The summed E-state index contributed by atoms with van der Waals surface area (Å²) in [5.74, 6) is 0.252. The van der Waals surface area contributed by atoms with Gasteiger partial charge in [-0.2, -0.15) is 0 Å². The standard InChI is InChI=1S/C17H32N2O2/c1-4-5-6-7-8-9-10-12-19-13-11-15(20)18-16(14(2)3)17(19)21/h14,16H,4-13H2,1-3H3,(H,18,20). The van der Waals surface area contributed by atoms with Crippen LogP contribution in [-0.4, -0.2) is 35.8 Å². The lowest BCUT2D eigenvalue weighted by atomic mass is 10.0. The van der Waals surface area contributed by atoms with Gasteiger partial charge in [0.25, 0.3) is 0 Å². The Labute approximate surface area is 129 Å². The van der Waals surface area contributed by atoms with Gasteiger partial charge in [-0.25, -0.2) is 0 Å². The summed E-state index contributed by atoms with van der Waals surface area (Å²) in [5, 5.41) is 2.85. The van der Waals surface area contributed by atoms with Gasteiger partial charge >= 0.3 is 0 Å². The molecule has 1 atom stereocenters. The molecule has 0 aliphatic carbocycles. The van der Waals surface area contributed by atoms with E-state index in [4.69, 9.17) is 0 Å². The number of hydrogen-bond acceptors (Lipinski definition) is 2. The maximum absolute atomic E-state index is 12.4. The third-order valence-corrected chi connectivity index (χ3v) is 4.20. The first-order valence-electron chi connectivity index (χ1n) is 8.64. The Morgan fingerprint density at radius 1 is 1.10 bits per heavy atom. The largest absolute Gasteiger partial charge is 0.344 e. The molecule has 1 unspecified atom stereocenters. The van der Waals surface area contributed by atoms with E-state index in [2.05, 4.69) is 12.2 Å². The average Bonchev–Trinajstić information content (AvgIpc) is 2.59. The Kier molecular flexibility index (Phi) is 8.40. The summed E-state index contributed by atoms with van der Waals surface area (Å²) >= 11 is 0. The average molecular weight is 296 g/mol. The minimum atomic E-state index is -0.343. The highest BCUT2D eigenvalue weighted by molar-refractivity contribution is 5.90. The van der Waals surface area contributed by atoms with Gasteiger partial charge in [-0.15, -0.1) is 0 Å². The van der Waals surface area contributed by atoms with Gasteiger partial charge in [0.1, 0.15) is 6.04 Å². The number of carbonyl (C=O) groups is 2. The second-order valence-corrected chi connectivity index (χ2v) is 6.49. The summed E-state index contributed by atoms with van der Waals surface area (Å²) in [5.41, 5.74) is 0. The molecule has 122 valence electrons. The number of nitrogens with one attached hydrogen (secondary N) is 1. The highest BCUT2D eigenvalue weighted by Gasteiger charge is 2.31. The molecule has 0 spiro atoms. The van der Waals surface area contributed by atoms with Crippen molar-refractivity contribution in [2.75, 3.05) is 13.1 Å². The highest BCUT2D eigenvalue weighted by Crippen LogP contribution is 2.13. The van der Waals surface area contributed by atoms with Gasteiger partial charge in [0.15, 0.2) is 0 Å². The number of nitrogens with zero attached hydrogens (tertiary/aromatic N) is 1. The molecule has 0 bridgehead atoms. The minimum absolute atomic E-state index is 0.00381. The van der Waals surface area contributed by atoms with Gasteiger partial charge < -0.3 is 10.2 Å². The lowest BCUT2D eigenvalue weighted by Crippen LogP contribution is -2.47. The topological polar surface area (TPSA) is 49.4 Å². The summed E-state index contributed by atoms with van der Waals surface area (Å²) in [6.45, 7) is 7.57. The Morgan fingerprint density at radius 3 is 2.33 bits per heavy atom. The Balaban J connectivity index is 2.32. The molecule has 0 aromatic heterocycles. The zero-order chi connectivity index (χ0) is 15.7. The molecule has 1 heterocycles. The lowest BCUT2D eigenvalue weighted by molar-refractivity contribution is -0.134. The van der Waals surface area contributed by atoms with Crippen LogP contribution in [0.1, 0.15) is 72.1 Å². The molecule has 0 aromatic rings. The Hall–Kier alpha value is -1.06.